The van der Waals surface area contributed by atoms with Gasteiger partial charge in [-0.05, 0) is 78.9 Å². The van der Waals surface area contributed by atoms with Crippen LogP contribution in [0.2, 0.25) is 0 Å². The minimum absolute atomic E-state index is 0.0224. The third kappa shape index (κ3) is 5.38. The molecule has 0 aliphatic heterocycles. The highest BCUT2D eigenvalue weighted by atomic mass is 32.2. The molecule has 0 aromatic heterocycles. The Kier molecular flexibility index (Phi) is 6.41. The Hall–Kier alpha value is -3.72. The van der Waals surface area contributed by atoms with E-state index in [0.717, 1.165) is 43.5 Å². The van der Waals surface area contributed by atoms with Crippen LogP contribution in [-0.2, 0) is 32.4 Å². The average molecular weight is 469 g/mol. The van der Waals surface area contributed by atoms with Crippen LogP contribution < -0.4 is 10.0 Å². The number of anilines is 2. The number of sulfonamides is 1. The molecule has 0 radical (unpaired) electrons. The van der Waals surface area contributed by atoms with Gasteiger partial charge in [0.1, 0.15) is 5.82 Å². The Labute approximate surface area is 190 Å². The minimum atomic E-state index is -4.07. The molecule has 1 aliphatic carbocycles. The largest absolute Gasteiger partial charge is 0.452 e. The van der Waals surface area contributed by atoms with Crippen LogP contribution in [0.5, 0.6) is 0 Å². The number of esters is 1. The number of ether oxygens (including phenoxy) is 1. The molecular formula is C24H21FN2O5S. The zero-order valence-electron chi connectivity index (χ0n) is 17.5. The van der Waals surface area contributed by atoms with E-state index < -0.39 is 34.3 Å². The molecule has 0 spiro atoms. The maximum absolute atomic E-state index is 13.1. The van der Waals surface area contributed by atoms with Gasteiger partial charge in [-0.1, -0.05) is 18.2 Å². The summed E-state index contributed by atoms with van der Waals surface area (Å²) in [4.78, 5) is 24.6. The molecule has 9 heteroatoms. The lowest BCUT2D eigenvalue weighted by Gasteiger charge is -2.13. The number of para-hydroxylation sites is 1. The fraction of sp³-hybridized carbons (Fsp3) is 0.167. The van der Waals surface area contributed by atoms with Gasteiger partial charge >= 0.3 is 5.97 Å². The fourth-order valence-corrected chi connectivity index (χ4v) is 4.70. The number of amides is 1. The molecule has 0 atom stereocenters. The van der Waals surface area contributed by atoms with E-state index in [1.54, 1.807) is 6.07 Å². The van der Waals surface area contributed by atoms with Crippen molar-refractivity contribution in [1.82, 2.24) is 0 Å². The average Bonchev–Trinajstić information content (AvgIpc) is 3.26. The van der Waals surface area contributed by atoms with Crippen molar-refractivity contribution < 1.29 is 27.1 Å². The molecule has 4 rings (SSSR count). The Balaban J connectivity index is 1.40. The van der Waals surface area contributed by atoms with Crippen LogP contribution in [0.15, 0.2) is 71.6 Å². The maximum atomic E-state index is 13.1. The van der Waals surface area contributed by atoms with E-state index >= 15 is 0 Å². The summed E-state index contributed by atoms with van der Waals surface area (Å²) in [6.45, 7) is -0.533. The number of rotatable bonds is 7. The van der Waals surface area contributed by atoms with E-state index in [4.69, 9.17) is 4.74 Å². The lowest BCUT2D eigenvalue weighted by Crippen LogP contribution is -2.22. The van der Waals surface area contributed by atoms with Crippen molar-refractivity contribution in [2.45, 2.75) is 24.2 Å². The van der Waals surface area contributed by atoms with Gasteiger partial charge in [-0.15, -0.1) is 0 Å². The number of halogens is 1. The van der Waals surface area contributed by atoms with Crippen molar-refractivity contribution in [3.8, 4) is 0 Å². The van der Waals surface area contributed by atoms with Crippen LogP contribution in [0.1, 0.15) is 27.9 Å². The molecule has 0 saturated carbocycles. The lowest BCUT2D eigenvalue weighted by atomic mass is 10.1. The number of aryl methyl sites for hydroxylation is 2. The smallest absolute Gasteiger partial charge is 0.340 e. The number of fused-ring (bicyclic) bond motifs is 1. The summed E-state index contributed by atoms with van der Waals surface area (Å²) < 4.78 is 45.7. The normalized spacial score (nSPS) is 12.6. The second-order valence-corrected chi connectivity index (χ2v) is 9.25. The van der Waals surface area contributed by atoms with Crippen LogP contribution in [0, 0.1) is 5.82 Å². The van der Waals surface area contributed by atoms with E-state index in [2.05, 4.69) is 10.0 Å². The number of hydrogen-bond acceptors (Lipinski definition) is 5. The number of carbonyl (C=O) groups is 2. The SMILES string of the molecule is O=C(COC(=O)c1ccccc1NS(=O)(=O)c1ccc(F)cc1)Nc1ccc2c(c1)CCC2. The van der Waals surface area contributed by atoms with Gasteiger partial charge in [0.05, 0.1) is 16.1 Å². The highest BCUT2D eigenvalue weighted by Crippen LogP contribution is 2.25. The van der Waals surface area contributed by atoms with E-state index in [9.17, 15) is 22.4 Å². The van der Waals surface area contributed by atoms with Crippen molar-refractivity contribution >= 4 is 33.3 Å². The molecule has 1 amide bonds. The summed E-state index contributed by atoms with van der Waals surface area (Å²) in [5.74, 6) is -1.95. The molecule has 0 bridgehead atoms. The fourth-order valence-electron chi connectivity index (χ4n) is 3.62. The first kappa shape index (κ1) is 22.5. The molecule has 0 fully saturated rings. The number of nitrogens with one attached hydrogen (secondary N) is 2. The highest BCUT2D eigenvalue weighted by molar-refractivity contribution is 7.92. The van der Waals surface area contributed by atoms with Crippen molar-refractivity contribution in [3.05, 3.63) is 89.2 Å². The second kappa shape index (κ2) is 9.41. The Bertz CT molecular complexity index is 1310. The van der Waals surface area contributed by atoms with Crippen LogP contribution in [0.25, 0.3) is 0 Å². The first-order chi connectivity index (χ1) is 15.8. The number of carbonyl (C=O) groups excluding carboxylic acids is 2. The van der Waals surface area contributed by atoms with Crippen LogP contribution in [-0.4, -0.2) is 26.9 Å². The zero-order valence-corrected chi connectivity index (χ0v) is 18.3. The number of hydrogen-bond donors (Lipinski definition) is 2. The van der Waals surface area contributed by atoms with Gasteiger partial charge in [-0.3, -0.25) is 9.52 Å². The van der Waals surface area contributed by atoms with Crippen molar-refractivity contribution in [1.29, 1.82) is 0 Å². The van der Waals surface area contributed by atoms with Gasteiger partial charge in [0, 0.05) is 5.69 Å². The lowest BCUT2D eigenvalue weighted by molar-refractivity contribution is -0.119. The topological polar surface area (TPSA) is 102 Å². The number of benzene rings is 3. The van der Waals surface area contributed by atoms with Crippen LogP contribution in [0.3, 0.4) is 0 Å². The summed E-state index contributed by atoms with van der Waals surface area (Å²) in [7, 11) is -4.07. The third-order valence-electron chi connectivity index (χ3n) is 5.23. The van der Waals surface area contributed by atoms with E-state index in [0.29, 0.717) is 5.69 Å². The zero-order chi connectivity index (χ0) is 23.4. The minimum Gasteiger partial charge on any atom is -0.452 e. The predicted octanol–water partition coefficient (Wildman–Crippen LogP) is 3.91. The van der Waals surface area contributed by atoms with Crippen molar-refractivity contribution in [2.24, 2.45) is 0 Å². The quantitative estimate of drug-likeness (QED) is 0.512. The molecule has 170 valence electrons. The van der Waals surface area contributed by atoms with Crippen LogP contribution in [0.4, 0.5) is 15.8 Å². The van der Waals surface area contributed by atoms with Gasteiger partial charge in [0.25, 0.3) is 15.9 Å². The first-order valence-electron chi connectivity index (χ1n) is 10.3. The van der Waals surface area contributed by atoms with E-state index in [-0.39, 0.29) is 16.1 Å². The summed E-state index contributed by atoms with van der Waals surface area (Å²) in [6, 6.07) is 15.8. The highest BCUT2D eigenvalue weighted by Gasteiger charge is 2.20. The van der Waals surface area contributed by atoms with Crippen LogP contribution >= 0.6 is 0 Å². The molecule has 0 unspecified atom stereocenters. The van der Waals surface area contributed by atoms with Gasteiger partial charge < -0.3 is 10.1 Å². The molecule has 7 nitrogen and oxygen atoms in total. The van der Waals surface area contributed by atoms with Gasteiger partial charge in [-0.25, -0.2) is 17.6 Å². The molecule has 3 aromatic carbocycles. The first-order valence-corrected chi connectivity index (χ1v) is 11.8. The van der Waals surface area contributed by atoms with E-state index in [1.807, 2.05) is 18.2 Å². The predicted molar refractivity (Wildman–Crippen MR) is 121 cm³/mol. The molecule has 0 saturated heterocycles. The standard InChI is InChI=1S/C24H21FN2O5S/c25-18-9-12-20(13-10-18)33(30,31)27-22-7-2-1-6-21(22)24(29)32-15-23(28)26-19-11-8-16-4-3-5-17(16)14-19/h1-2,6-14,27H,3-5,15H2,(H,26,28). The maximum Gasteiger partial charge on any atom is 0.340 e. The monoisotopic (exact) mass is 468 g/mol. The summed E-state index contributed by atoms with van der Waals surface area (Å²) >= 11 is 0. The Morgan fingerprint density at radius 1 is 0.939 bits per heavy atom. The second-order valence-electron chi connectivity index (χ2n) is 7.57. The van der Waals surface area contributed by atoms with Gasteiger partial charge in [-0.2, -0.15) is 0 Å². The molecule has 33 heavy (non-hydrogen) atoms. The Morgan fingerprint density at radius 3 is 2.45 bits per heavy atom. The summed E-state index contributed by atoms with van der Waals surface area (Å²) in [6.07, 6.45) is 3.10. The summed E-state index contributed by atoms with van der Waals surface area (Å²) in [5.41, 5.74) is 3.02. The molecular weight excluding hydrogens is 447 g/mol. The Morgan fingerprint density at radius 2 is 1.67 bits per heavy atom. The summed E-state index contributed by atoms with van der Waals surface area (Å²) in [5, 5.41) is 2.70. The van der Waals surface area contributed by atoms with Crippen molar-refractivity contribution in [2.75, 3.05) is 16.6 Å². The molecule has 2 N–H and O–H groups in total. The van der Waals surface area contributed by atoms with E-state index in [1.165, 1.54) is 29.3 Å². The molecule has 3 aromatic rings. The van der Waals surface area contributed by atoms with Gasteiger partial charge in [0.2, 0.25) is 0 Å². The third-order valence-corrected chi connectivity index (χ3v) is 6.61. The van der Waals surface area contributed by atoms with Crippen molar-refractivity contribution in [3.63, 3.8) is 0 Å². The molecule has 1 aliphatic rings. The van der Waals surface area contributed by atoms with Gasteiger partial charge in [0.15, 0.2) is 6.61 Å². The molecule has 0 heterocycles.